The van der Waals surface area contributed by atoms with Gasteiger partial charge in [0, 0.05) is 0 Å². The number of ketones is 2. The fraction of sp³-hybridized carbons (Fsp3) is 0.250. The number of carbonyl (C=O) groups excluding carboxylic acids is 2. The number of halogens is 2. The van der Waals surface area contributed by atoms with E-state index in [9.17, 15) is 9.59 Å². The summed E-state index contributed by atoms with van der Waals surface area (Å²) in [6.07, 6.45) is 3.44. The third-order valence-corrected chi connectivity index (χ3v) is 4.16. The second kappa shape index (κ2) is 4.75. The molecule has 6 heteroatoms. The molecular weight excluding hydrogens is 263 g/mol. The highest BCUT2D eigenvalue weighted by Crippen LogP contribution is 2.37. The van der Waals surface area contributed by atoms with Crippen LogP contribution in [0.4, 0.5) is 0 Å². The summed E-state index contributed by atoms with van der Waals surface area (Å²) in [6.45, 7) is 0. The summed E-state index contributed by atoms with van der Waals surface area (Å²) in [7, 11) is 0. The number of hydrogen-bond donors (Lipinski definition) is 0. The number of rotatable bonds is 2. The molecule has 0 saturated carbocycles. The molecule has 0 unspecified atom stereocenters. The molecule has 76 valence electrons. The lowest BCUT2D eigenvalue weighted by molar-refractivity contribution is -0.114. The summed E-state index contributed by atoms with van der Waals surface area (Å²) in [4.78, 5) is 23.9. The largest absolute Gasteiger partial charge is 0.287 e. The van der Waals surface area contributed by atoms with Crippen LogP contribution in [0.2, 0.25) is 0 Å². The zero-order valence-corrected chi connectivity index (χ0v) is 10.5. The lowest BCUT2D eigenvalue weighted by Crippen LogP contribution is -2.16. The normalized spacial score (nSPS) is 18.3. The fourth-order valence-corrected chi connectivity index (χ4v) is 3.08. The van der Waals surface area contributed by atoms with Crippen molar-refractivity contribution in [1.29, 1.82) is 0 Å². The Bertz CT molecular complexity index is 338. The minimum Gasteiger partial charge on any atom is -0.287 e. The van der Waals surface area contributed by atoms with Gasteiger partial charge in [0.05, 0.1) is 9.81 Å². The van der Waals surface area contributed by atoms with E-state index < -0.39 is 0 Å². The summed E-state index contributed by atoms with van der Waals surface area (Å²) in [5.74, 6) is -0.735. The Morgan fingerprint density at radius 3 is 1.36 bits per heavy atom. The molecule has 2 nitrogen and oxygen atoms in total. The summed E-state index contributed by atoms with van der Waals surface area (Å²) < 4.78 is 0. The second-order valence-electron chi connectivity index (χ2n) is 2.35. The molecule has 0 radical (unpaired) electrons. The first-order valence-corrected chi connectivity index (χ1v) is 6.72. The van der Waals surface area contributed by atoms with E-state index in [0.717, 1.165) is 0 Å². The topological polar surface area (TPSA) is 34.1 Å². The molecule has 0 bridgehead atoms. The monoisotopic (exact) mass is 268 g/mol. The molecule has 0 heterocycles. The molecule has 0 fully saturated rings. The molecule has 0 amide bonds. The zero-order valence-electron chi connectivity index (χ0n) is 7.39. The van der Waals surface area contributed by atoms with Gasteiger partial charge < -0.3 is 0 Å². The maximum Gasteiger partial charge on any atom is 0.213 e. The highest BCUT2D eigenvalue weighted by Gasteiger charge is 2.32. The Labute approximate surface area is 100 Å². The van der Waals surface area contributed by atoms with Crippen molar-refractivity contribution in [2.24, 2.45) is 0 Å². The van der Waals surface area contributed by atoms with Gasteiger partial charge in [0.15, 0.2) is 0 Å². The van der Waals surface area contributed by atoms with Gasteiger partial charge in [-0.25, -0.2) is 0 Å². The van der Waals surface area contributed by atoms with Crippen molar-refractivity contribution in [3.63, 3.8) is 0 Å². The van der Waals surface area contributed by atoms with Gasteiger partial charge in [-0.1, -0.05) is 23.2 Å². The third kappa shape index (κ3) is 1.89. The number of thioether (sulfide) groups is 2. The Morgan fingerprint density at radius 2 is 1.14 bits per heavy atom. The number of carbonyl (C=O) groups is 2. The molecule has 1 rings (SSSR count). The van der Waals surface area contributed by atoms with Crippen LogP contribution in [0.3, 0.4) is 0 Å². The number of hydrogen-bond acceptors (Lipinski definition) is 4. The number of Topliss-reactive ketones (excluding diaryl/α,β-unsaturated/α-hetero) is 2. The SMILES string of the molecule is CSC1=C(SC)C(=O)C(Cl)=C(Cl)C1=O. The molecule has 0 spiro atoms. The van der Waals surface area contributed by atoms with Crippen molar-refractivity contribution in [2.45, 2.75) is 0 Å². The molecule has 1 aliphatic rings. The first-order valence-electron chi connectivity index (χ1n) is 3.51. The molecule has 0 aromatic heterocycles. The van der Waals surface area contributed by atoms with Crippen LogP contribution in [-0.2, 0) is 9.59 Å². The summed E-state index contributed by atoms with van der Waals surface area (Å²) in [5.41, 5.74) is 0. The van der Waals surface area contributed by atoms with Crippen LogP contribution in [0.5, 0.6) is 0 Å². The summed E-state index contributed by atoms with van der Waals surface area (Å²) in [5, 5.41) is -0.363. The van der Waals surface area contributed by atoms with Crippen molar-refractivity contribution >= 4 is 58.3 Å². The highest BCUT2D eigenvalue weighted by molar-refractivity contribution is 8.07. The van der Waals surface area contributed by atoms with E-state index in [-0.39, 0.29) is 21.6 Å². The van der Waals surface area contributed by atoms with Crippen LogP contribution in [-0.4, -0.2) is 24.1 Å². The average Bonchev–Trinajstić information content (AvgIpc) is 2.20. The van der Waals surface area contributed by atoms with Gasteiger partial charge in [-0.2, -0.15) is 0 Å². The van der Waals surface area contributed by atoms with Gasteiger partial charge >= 0.3 is 0 Å². The van der Waals surface area contributed by atoms with Gasteiger partial charge in [-0.05, 0) is 12.5 Å². The second-order valence-corrected chi connectivity index (χ2v) is 4.74. The Kier molecular flexibility index (Phi) is 4.13. The number of allylic oxidation sites excluding steroid dienone is 4. The smallest absolute Gasteiger partial charge is 0.213 e. The molecule has 0 saturated heterocycles. The summed E-state index contributed by atoms with van der Waals surface area (Å²) in [6, 6.07) is 0. The van der Waals surface area contributed by atoms with Gasteiger partial charge in [-0.15, -0.1) is 23.5 Å². The fourth-order valence-electron chi connectivity index (χ4n) is 0.976. The quantitative estimate of drug-likeness (QED) is 0.722. The van der Waals surface area contributed by atoms with E-state index in [1.807, 2.05) is 0 Å². The zero-order chi connectivity index (χ0) is 10.9. The van der Waals surface area contributed by atoms with Crippen molar-refractivity contribution in [1.82, 2.24) is 0 Å². The van der Waals surface area contributed by atoms with Crippen LogP contribution in [0, 0.1) is 0 Å². The van der Waals surface area contributed by atoms with Crippen molar-refractivity contribution in [2.75, 3.05) is 12.5 Å². The van der Waals surface area contributed by atoms with Gasteiger partial charge in [0.25, 0.3) is 0 Å². The average molecular weight is 269 g/mol. The van der Waals surface area contributed by atoms with Crippen molar-refractivity contribution < 1.29 is 9.59 Å². The minimum absolute atomic E-state index is 0.182. The Morgan fingerprint density at radius 1 is 0.857 bits per heavy atom. The van der Waals surface area contributed by atoms with E-state index in [1.165, 1.54) is 23.5 Å². The van der Waals surface area contributed by atoms with Crippen LogP contribution in [0.25, 0.3) is 0 Å². The minimum atomic E-state index is -0.367. The van der Waals surface area contributed by atoms with Gasteiger partial charge in [0.1, 0.15) is 10.1 Å². The molecule has 0 N–H and O–H groups in total. The molecule has 14 heavy (non-hydrogen) atoms. The Hall–Kier alpha value is 0.1000. The molecular formula is C8H6Cl2O2S2. The lowest BCUT2D eigenvalue weighted by Gasteiger charge is -2.14. The first kappa shape index (κ1) is 12.2. The first-order chi connectivity index (χ1) is 6.54. The van der Waals surface area contributed by atoms with E-state index >= 15 is 0 Å². The maximum atomic E-state index is 11.6. The Balaban J connectivity index is 3.31. The summed E-state index contributed by atoms with van der Waals surface area (Å²) >= 11 is 13.7. The van der Waals surface area contributed by atoms with Crippen LogP contribution in [0.15, 0.2) is 19.9 Å². The molecule has 1 aliphatic carbocycles. The van der Waals surface area contributed by atoms with E-state index in [4.69, 9.17) is 23.2 Å². The highest BCUT2D eigenvalue weighted by atomic mass is 35.5. The van der Waals surface area contributed by atoms with E-state index in [2.05, 4.69) is 0 Å². The van der Waals surface area contributed by atoms with Crippen LogP contribution in [0.1, 0.15) is 0 Å². The van der Waals surface area contributed by atoms with Crippen LogP contribution >= 0.6 is 46.7 Å². The molecule has 0 aromatic rings. The van der Waals surface area contributed by atoms with E-state index in [0.29, 0.717) is 9.81 Å². The molecule has 0 aromatic carbocycles. The predicted molar refractivity (Wildman–Crippen MR) is 62.8 cm³/mol. The van der Waals surface area contributed by atoms with Crippen molar-refractivity contribution in [3.05, 3.63) is 19.9 Å². The van der Waals surface area contributed by atoms with Gasteiger partial charge in [0.2, 0.25) is 11.6 Å². The van der Waals surface area contributed by atoms with Crippen LogP contribution < -0.4 is 0 Å². The molecule has 0 aliphatic heterocycles. The predicted octanol–water partition coefficient (Wildman–Crippen LogP) is 2.77. The lowest BCUT2D eigenvalue weighted by atomic mass is 10.1. The standard InChI is InChI=1S/C8H6Cl2O2S2/c1-13-7-5(11)3(9)4(10)6(12)8(7)14-2/h1-2H3. The van der Waals surface area contributed by atoms with Gasteiger partial charge in [-0.3, -0.25) is 9.59 Å². The third-order valence-electron chi connectivity index (χ3n) is 1.62. The molecule has 0 atom stereocenters. The maximum absolute atomic E-state index is 11.6. The van der Waals surface area contributed by atoms with E-state index in [1.54, 1.807) is 12.5 Å². The van der Waals surface area contributed by atoms with Crippen molar-refractivity contribution in [3.8, 4) is 0 Å².